The van der Waals surface area contributed by atoms with Crippen LogP contribution in [0.2, 0.25) is 0 Å². The van der Waals surface area contributed by atoms with Gasteiger partial charge in [0.1, 0.15) is 17.6 Å². The van der Waals surface area contributed by atoms with Gasteiger partial charge < -0.3 is 35.1 Å². The first-order valence-electron chi connectivity index (χ1n) is 15.6. The standard InChI is InChI=1S/C34H36F2N6O5/c1-45-31-29(46-17-3-14-42-15-12-37-13-16-42)19-27-25(20-38-21-39-27)30(31)47-28-9-8-24(18-26(28)36)41-33(44)34(10-2-11-34)32(43)40-23-6-4-22(35)5-7-23/h4-9,18-21,37H,2-3,10-17H2,1H3,(H,40,43)(H,41,44). The summed E-state index contributed by atoms with van der Waals surface area (Å²) in [4.78, 5) is 37.3. The molecule has 1 saturated heterocycles. The van der Waals surface area contributed by atoms with Crippen molar-refractivity contribution in [2.45, 2.75) is 25.7 Å². The lowest BCUT2D eigenvalue weighted by Crippen LogP contribution is -2.50. The smallest absolute Gasteiger partial charge is 0.240 e. The molecule has 2 heterocycles. The number of benzene rings is 3. The fourth-order valence-corrected chi connectivity index (χ4v) is 5.75. The molecule has 246 valence electrons. The maximum absolute atomic E-state index is 15.5. The second kappa shape index (κ2) is 14.3. The molecule has 0 radical (unpaired) electrons. The number of fused-ring (bicyclic) bond motifs is 1. The lowest BCUT2D eigenvalue weighted by Gasteiger charge is -2.38. The molecule has 4 aromatic rings. The van der Waals surface area contributed by atoms with E-state index in [0.29, 0.717) is 48.2 Å². The third kappa shape index (κ3) is 7.10. The molecule has 13 heteroatoms. The quantitative estimate of drug-likeness (QED) is 0.142. The van der Waals surface area contributed by atoms with E-state index >= 15 is 4.39 Å². The first-order chi connectivity index (χ1) is 22.9. The van der Waals surface area contributed by atoms with Crippen LogP contribution in [0, 0.1) is 17.0 Å². The maximum Gasteiger partial charge on any atom is 0.240 e. The van der Waals surface area contributed by atoms with E-state index in [4.69, 9.17) is 14.2 Å². The molecule has 3 aromatic carbocycles. The first kappa shape index (κ1) is 32.1. The highest BCUT2D eigenvalue weighted by Crippen LogP contribution is 2.46. The molecule has 1 aliphatic carbocycles. The number of hydrogen-bond donors (Lipinski definition) is 3. The maximum atomic E-state index is 15.5. The van der Waals surface area contributed by atoms with Gasteiger partial charge in [0.15, 0.2) is 23.1 Å². The van der Waals surface area contributed by atoms with Gasteiger partial charge in [-0.15, -0.1) is 0 Å². The van der Waals surface area contributed by atoms with Crippen LogP contribution in [0.15, 0.2) is 61.1 Å². The van der Waals surface area contributed by atoms with Crippen molar-refractivity contribution in [1.82, 2.24) is 20.2 Å². The van der Waals surface area contributed by atoms with E-state index in [2.05, 4.69) is 30.8 Å². The third-order valence-corrected chi connectivity index (χ3v) is 8.56. The van der Waals surface area contributed by atoms with Gasteiger partial charge in [0, 0.05) is 62.4 Å². The molecule has 11 nitrogen and oxygen atoms in total. The molecule has 2 aliphatic rings. The number of carbonyl (C=O) groups excluding carboxylic acids is 2. The summed E-state index contributed by atoms with van der Waals surface area (Å²) in [5, 5.41) is 9.21. The molecule has 0 bridgehead atoms. The molecule has 1 saturated carbocycles. The minimum absolute atomic E-state index is 0.130. The average molecular weight is 647 g/mol. The minimum atomic E-state index is -1.32. The number of nitrogens with zero attached hydrogens (tertiary/aromatic N) is 3. The Morgan fingerprint density at radius 1 is 0.957 bits per heavy atom. The zero-order chi connectivity index (χ0) is 32.8. The van der Waals surface area contributed by atoms with Gasteiger partial charge in [0.2, 0.25) is 17.6 Å². The summed E-state index contributed by atoms with van der Waals surface area (Å²) < 4.78 is 46.7. The van der Waals surface area contributed by atoms with Crippen molar-refractivity contribution in [2.24, 2.45) is 5.41 Å². The van der Waals surface area contributed by atoms with Crippen LogP contribution in [0.4, 0.5) is 20.2 Å². The van der Waals surface area contributed by atoms with Crippen molar-refractivity contribution >= 4 is 34.1 Å². The Balaban J connectivity index is 1.16. The van der Waals surface area contributed by atoms with Crippen LogP contribution in [0.5, 0.6) is 23.0 Å². The van der Waals surface area contributed by atoms with E-state index in [1.54, 1.807) is 12.3 Å². The van der Waals surface area contributed by atoms with Crippen molar-refractivity contribution in [3.63, 3.8) is 0 Å². The van der Waals surface area contributed by atoms with Gasteiger partial charge in [-0.1, -0.05) is 6.42 Å². The average Bonchev–Trinajstić information content (AvgIpc) is 3.05. The summed E-state index contributed by atoms with van der Waals surface area (Å²) in [6.07, 6.45) is 5.11. The first-order valence-corrected chi connectivity index (χ1v) is 15.6. The SMILES string of the molecule is COc1c(OCCCN2CCNCC2)cc2ncncc2c1Oc1ccc(NC(=O)C2(C(=O)Nc3ccc(F)cc3)CCC2)cc1F. The molecule has 2 fully saturated rings. The van der Waals surface area contributed by atoms with Crippen LogP contribution in [0.3, 0.4) is 0 Å². The largest absolute Gasteiger partial charge is 0.490 e. The second-order valence-electron chi connectivity index (χ2n) is 11.6. The Labute approximate surface area is 270 Å². The van der Waals surface area contributed by atoms with Crippen molar-refractivity contribution in [3.8, 4) is 23.0 Å². The third-order valence-electron chi connectivity index (χ3n) is 8.56. The molecule has 47 heavy (non-hydrogen) atoms. The number of aromatic nitrogens is 2. The number of halogens is 2. The van der Waals surface area contributed by atoms with E-state index in [0.717, 1.165) is 45.2 Å². The Morgan fingerprint density at radius 3 is 2.36 bits per heavy atom. The highest BCUT2D eigenvalue weighted by atomic mass is 19.1. The fourth-order valence-electron chi connectivity index (χ4n) is 5.75. The Hall–Kier alpha value is -4.88. The Morgan fingerprint density at radius 2 is 1.68 bits per heavy atom. The number of ether oxygens (including phenoxy) is 3. The predicted octanol–water partition coefficient (Wildman–Crippen LogP) is 5.13. The predicted molar refractivity (Wildman–Crippen MR) is 172 cm³/mol. The van der Waals surface area contributed by atoms with Crippen LogP contribution in [0.1, 0.15) is 25.7 Å². The van der Waals surface area contributed by atoms with Gasteiger partial charge in [-0.3, -0.25) is 9.59 Å². The number of anilines is 2. The number of nitrogens with one attached hydrogen (secondary N) is 3. The van der Waals surface area contributed by atoms with Crippen molar-refractivity contribution in [1.29, 1.82) is 0 Å². The number of rotatable bonds is 12. The topological polar surface area (TPSA) is 127 Å². The van der Waals surface area contributed by atoms with Gasteiger partial charge >= 0.3 is 0 Å². The molecular formula is C34H36F2N6O5. The van der Waals surface area contributed by atoms with Gasteiger partial charge in [-0.2, -0.15) is 0 Å². The normalized spacial score (nSPS) is 15.8. The molecule has 0 spiro atoms. The van der Waals surface area contributed by atoms with E-state index in [1.165, 1.54) is 49.8 Å². The summed E-state index contributed by atoms with van der Waals surface area (Å²) in [6.45, 7) is 5.27. The van der Waals surface area contributed by atoms with Crippen LogP contribution in [-0.4, -0.2) is 73.1 Å². The molecule has 3 N–H and O–H groups in total. The lowest BCUT2D eigenvalue weighted by molar-refractivity contribution is -0.142. The second-order valence-corrected chi connectivity index (χ2v) is 11.6. The molecular weight excluding hydrogens is 610 g/mol. The molecule has 1 aliphatic heterocycles. The number of carbonyl (C=O) groups is 2. The van der Waals surface area contributed by atoms with Crippen molar-refractivity contribution < 1.29 is 32.6 Å². The Kier molecular flexibility index (Phi) is 9.73. The highest BCUT2D eigenvalue weighted by Gasteiger charge is 2.51. The monoisotopic (exact) mass is 646 g/mol. The van der Waals surface area contributed by atoms with Crippen LogP contribution < -0.4 is 30.2 Å². The highest BCUT2D eigenvalue weighted by molar-refractivity contribution is 6.15. The number of methoxy groups -OCH3 is 1. The zero-order valence-corrected chi connectivity index (χ0v) is 26.0. The molecule has 0 unspecified atom stereocenters. The summed E-state index contributed by atoms with van der Waals surface area (Å²) in [6, 6.07) is 11.0. The van der Waals surface area contributed by atoms with E-state index in [1.807, 2.05) is 0 Å². The van der Waals surface area contributed by atoms with E-state index in [9.17, 15) is 14.0 Å². The molecule has 6 rings (SSSR count). The zero-order valence-electron chi connectivity index (χ0n) is 26.0. The lowest BCUT2D eigenvalue weighted by atomic mass is 9.67. The van der Waals surface area contributed by atoms with Crippen LogP contribution in [-0.2, 0) is 9.59 Å². The van der Waals surface area contributed by atoms with Gasteiger partial charge in [0.05, 0.1) is 24.6 Å². The van der Waals surface area contributed by atoms with E-state index in [-0.39, 0.29) is 22.9 Å². The number of hydrogen-bond acceptors (Lipinski definition) is 9. The van der Waals surface area contributed by atoms with Gasteiger partial charge in [-0.25, -0.2) is 18.7 Å². The minimum Gasteiger partial charge on any atom is -0.490 e. The molecule has 2 amide bonds. The summed E-state index contributed by atoms with van der Waals surface area (Å²) in [5.41, 5.74) is -0.261. The van der Waals surface area contributed by atoms with Crippen LogP contribution in [0.25, 0.3) is 10.9 Å². The molecule has 1 aromatic heterocycles. The van der Waals surface area contributed by atoms with Crippen molar-refractivity contribution in [2.75, 3.05) is 57.1 Å². The number of amides is 2. The summed E-state index contributed by atoms with van der Waals surface area (Å²) in [5.74, 6) is -1.52. The summed E-state index contributed by atoms with van der Waals surface area (Å²) in [7, 11) is 1.48. The number of piperazine rings is 1. The Bertz CT molecular complexity index is 1750. The van der Waals surface area contributed by atoms with E-state index < -0.39 is 28.9 Å². The van der Waals surface area contributed by atoms with Gasteiger partial charge in [-0.05, 0) is 55.7 Å². The van der Waals surface area contributed by atoms with Gasteiger partial charge in [0.25, 0.3) is 0 Å². The fraction of sp³-hybridized carbons (Fsp3) is 0.353. The molecule has 0 atom stereocenters. The van der Waals surface area contributed by atoms with Crippen molar-refractivity contribution in [3.05, 3.63) is 72.7 Å². The summed E-state index contributed by atoms with van der Waals surface area (Å²) >= 11 is 0. The van der Waals surface area contributed by atoms with Crippen LogP contribution >= 0.6 is 0 Å².